The van der Waals surface area contributed by atoms with Gasteiger partial charge in [0.05, 0.1) is 0 Å². The van der Waals surface area contributed by atoms with Crippen LogP contribution in [-0.4, -0.2) is 42.0 Å². The van der Waals surface area contributed by atoms with E-state index >= 15 is 0 Å². The van der Waals surface area contributed by atoms with Crippen molar-refractivity contribution in [2.45, 2.75) is 38.3 Å². The Labute approximate surface area is 138 Å². The van der Waals surface area contributed by atoms with E-state index in [-0.39, 0.29) is 11.6 Å². The van der Waals surface area contributed by atoms with Crippen molar-refractivity contribution in [3.05, 3.63) is 35.9 Å². The van der Waals surface area contributed by atoms with E-state index in [2.05, 4.69) is 46.7 Å². The molecular weight excluding hydrogens is 298 g/mol. The number of nitrogens with zero attached hydrogens (tertiary/aromatic N) is 1. The number of nitrogens with one attached hydrogen (secondary N) is 2. The number of carbonyl (C=O) groups excluding carboxylic acids is 1. The van der Waals surface area contributed by atoms with Crippen LogP contribution >= 0.6 is 11.6 Å². The van der Waals surface area contributed by atoms with E-state index in [9.17, 15) is 4.79 Å². The van der Waals surface area contributed by atoms with Gasteiger partial charge in [-0.1, -0.05) is 30.3 Å². The SMILES string of the molecule is CC1(NC(=O)NCCCCl)CCN(Cc2ccccc2)CC1. The summed E-state index contributed by atoms with van der Waals surface area (Å²) in [6.45, 7) is 5.76. The van der Waals surface area contributed by atoms with Crippen LogP contribution in [0.3, 0.4) is 0 Å². The molecule has 1 aromatic rings. The van der Waals surface area contributed by atoms with Gasteiger partial charge in [-0.05, 0) is 31.7 Å². The van der Waals surface area contributed by atoms with Gasteiger partial charge in [-0.3, -0.25) is 4.90 Å². The van der Waals surface area contributed by atoms with E-state index in [1.807, 2.05) is 6.07 Å². The molecule has 22 heavy (non-hydrogen) atoms. The van der Waals surface area contributed by atoms with Crippen LogP contribution in [0, 0.1) is 0 Å². The number of hydrogen-bond donors (Lipinski definition) is 2. The first kappa shape index (κ1) is 17.1. The fourth-order valence-electron chi connectivity index (χ4n) is 2.76. The Bertz CT molecular complexity index is 458. The zero-order chi connectivity index (χ0) is 15.8. The van der Waals surface area contributed by atoms with Gasteiger partial charge in [-0.15, -0.1) is 11.6 Å². The van der Waals surface area contributed by atoms with Crippen LogP contribution in [0.2, 0.25) is 0 Å². The number of carbonyl (C=O) groups is 1. The topological polar surface area (TPSA) is 44.4 Å². The minimum atomic E-state index is -0.113. The van der Waals surface area contributed by atoms with Crippen LogP contribution in [0.5, 0.6) is 0 Å². The molecule has 2 rings (SSSR count). The summed E-state index contributed by atoms with van der Waals surface area (Å²) in [5, 5.41) is 5.98. The van der Waals surface area contributed by atoms with Gasteiger partial charge in [0, 0.05) is 37.6 Å². The molecule has 1 aromatic carbocycles. The number of likely N-dealkylation sites (tertiary alicyclic amines) is 1. The van der Waals surface area contributed by atoms with E-state index in [1.54, 1.807) is 0 Å². The molecule has 0 aromatic heterocycles. The van der Waals surface area contributed by atoms with Crippen LogP contribution in [0.15, 0.2) is 30.3 Å². The van der Waals surface area contributed by atoms with Gasteiger partial charge in [0.2, 0.25) is 0 Å². The van der Waals surface area contributed by atoms with Crippen molar-refractivity contribution < 1.29 is 4.79 Å². The Morgan fingerprint density at radius 3 is 2.59 bits per heavy atom. The number of alkyl halides is 1. The smallest absolute Gasteiger partial charge is 0.315 e. The van der Waals surface area contributed by atoms with Gasteiger partial charge in [-0.2, -0.15) is 0 Å². The summed E-state index contributed by atoms with van der Waals surface area (Å²) in [6, 6.07) is 10.5. The van der Waals surface area contributed by atoms with Gasteiger partial charge in [0.25, 0.3) is 0 Å². The molecule has 0 radical (unpaired) electrons. The maximum atomic E-state index is 11.9. The van der Waals surface area contributed by atoms with Crippen LogP contribution < -0.4 is 10.6 Å². The van der Waals surface area contributed by atoms with Gasteiger partial charge < -0.3 is 10.6 Å². The number of hydrogen-bond acceptors (Lipinski definition) is 2. The lowest BCUT2D eigenvalue weighted by molar-refractivity contribution is 0.142. The lowest BCUT2D eigenvalue weighted by Crippen LogP contribution is -2.55. The highest BCUT2D eigenvalue weighted by Gasteiger charge is 2.31. The second-order valence-corrected chi connectivity index (χ2v) is 6.62. The normalized spacial score (nSPS) is 17.9. The summed E-state index contributed by atoms with van der Waals surface area (Å²) in [5.41, 5.74) is 1.23. The standard InChI is InChI=1S/C17H26ClN3O/c1-17(20-16(22)19-11-5-10-18)8-12-21(13-9-17)14-15-6-3-2-4-7-15/h2-4,6-7H,5,8-14H2,1H3,(H2,19,20,22). The molecule has 122 valence electrons. The number of piperidine rings is 1. The largest absolute Gasteiger partial charge is 0.338 e. The average molecular weight is 324 g/mol. The Kier molecular flexibility index (Phi) is 6.52. The van der Waals surface area contributed by atoms with Gasteiger partial charge in [0.15, 0.2) is 0 Å². The highest BCUT2D eigenvalue weighted by Crippen LogP contribution is 2.22. The molecule has 0 saturated carbocycles. The van der Waals surface area contributed by atoms with Crippen molar-refractivity contribution in [1.82, 2.24) is 15.5 Å². The molecule has 1 aliphatic heterocycles. The zero-order valence-electron chi connectivity index (χ0n) is 13.3. The van der Waals surface area contributed by atoms with Crippen molar-refractivity contribution in [1.29, 1.82) is 0 Å². The molecule has 0 bridgehead atoms. The van der Waals surface area contributed by atoms with E-state index < -0.39 is 0 Å². The number of urea groups is 1. The molecular formula is C17H26ClN3O. The molecule has 0 aliphatic carbocycles. The zero-order valence-corrected chi connectivity index (χ0v) is 14.0. The van der Waals surface area contributed by atoms with E-state index in [0.717, 1.165) is 38.9 Å². The summed E-state index contributed by atoms with van der Waals surface area (Å²) in [4.78, 5) is 14.3. The van der Waals surface area contributed by atoms with Crippen molar-refractivity contribution in [2.24, 2.45) is 0 Å². The van der Waals surface area contributed by atoms with Crippen LogP contribution in [0.4, 0.5) is 4.79 Å². The number of benzene rings is 1. The second-order valence-electron chi connectivity index (χ2n) is 6.25. The molecule has 2 N–H and O–H groups in total. The van der Waals surface area contributed by atoms with E-state index in [1.165, 1.54) is 5.56 Å². The Morgan fingerprint density at radius 2 is 1.95 bits per heavy atom. The second kappa shape index (κ2) is 8.39. The lowest BCUT2D eigenvalue weighted by atomic mass is 9.89. The molecule has 1 heterocycles. The van der Waals surface area contributed by atoms with E-state index in [0.29, 0.717) is 12.4 Å². The van der Waals surface area contributed by atoms with Crippen LogP contribution in [0.25, 0.3) is 0 Å². The summed E-state index contributed by atoms with van der Waals surface area (Å²) >= 11 is 5.61. The molecule has 1 saturated heterocycles. The maximum Gasteiger partial charge on any atom is 0.315 e. The molecule has 0 unspecified atom stereocenters. The monoisotopic (exact) mass is 323 g/mol. The van der Waals surface area contributed by atoms with Crippen molar-refractivity contribution in [3.8, 4) is 0 Å². The number of rotatable bonds is 6. The summed E-state index contributed by atoms with van der Waals surface area (Å²) < 4.78 is 0. The Balaban J connectivity index is 1.74. The lowest BCUT2D eigenvalue weighted by Gasteiger charge is -2.40. The number of halogens is 1. The fourth-order valence-corrected chi connectivity index (χ4v) is 2.89. The van der Waals surface area contributed by atoms with Gasteiger partial charge >= 0.3 is 6.03 Å². The first-order chi connectivity index (χ1) is 10.6. The molecule has 0 spiro atoms. The third-order valence-electron chi connectivity index (χ3n) is 4.22. The summed E-state index contributed by atoms with van der Waals surface area (Å²) in [6.07, 6.45) is 2.75. The quantitative estimate of drug-likeness (QED) is 0.624. The highest BCUT2D eigenvalue weighted by atomic mass is 35.5. The van der Waals surface area contributed by atoms with Crippen LogP contribution in [-0.2, 0) is 6.54 Å². The molecule has 4 nitrogen and oxygen atoms in total. The summed E-state index contributed by atoms with van der Waals surface area (Å²) in [5.74, 6) is 0.575. The third kappa shape index (κ3) is 5.50. The van der Waals surface area contributed by atoms with Gasteiger partial charge in [-0.25, -0.2) is 4.79 Å². The van der Waals surface area contributed by atoms with Crippen LogP contribution in [0.1, 0.15) is 31.7 Å². The Hall–Kier alpha value is -1.26. The molecule has 1 fully saturated rings. The van der Waals surface area contributed by atoms with Gasteiger partial charge in [0.1, 0.15) is 0 Å². The van der Waals surface area contributed by atoms with Crippen molar-refractivity contribution in [3.63, 3.8) is 0 Å². The fraction of sp³-hybridized carbons (Fsp3) is 0.588. The summed E-state index contributed by atoms with van der Waals surface area (Å²) in [7, 11) is 0. The number of amides is 2. The predicted octanol–water partition coefficient (Wildman–Crippen LogP) is 2.97. The first-order valence-electron chi connectivity index (χ1n) is 7.99. The average Bonchev–Trinajstić information content (AvgIpc) is 2.51. The molecule has 1 aliphatic rings. The minimum Gasteiger partial charge on any atom is -0.338 e. The van der Waals surface area contributed by atoms with Crippen molar-refractivity contribution >= 4 is 17.6 Å². The predicted molar refractivity (Wildman–Crippen MR) is 91.2 cm³/mol. The third-order valence-corrected chi connectivity index (χ3v) is 4.49. The molecule has 5 heteroatoms. The van der Waals surface area contributed by atoms with Crippen molar-refractivity contribution in [2.75, 3.05) is 25.5 Å². The minimum absolute atomic E-state index is 0.0795. The Morgan fingerprint density at radius 1 is 1.27 bits per heavy atom. The first-order valence-corrected chi connectivity index (χ1v) is 8.53. The molecule has 2 amide bonds. The molecule has 0 atom stereocenters. The highest BCUT2D eigenvalue weighted by molar-refractivity contribution is 6.17. The maximum absolute atomic E-state index is 11.9. The van der Waals surface area contributed by atoms with E-state index in [4.69, 9.17) is 11.6 Å².